The summed E-state index contributed by atoms with van der Waals surface area (Å²) in [6, 6.07) is 18.2. The number of hydrogen-bond donors (Lipinski definition) is 3. The third kappa shape index (κ3) is 3.00. The van der Waals surface area contributed by atoms with E-state index in [1.165, 1.54) is 12.1 Å². The van der Waals surface area contributed by atoms with E-state index in [-0.39, 0.29) is 35.0 Å². The first-order valence-electron chi connectivity index (χ1n) is 7.46. The van der Waals surface area contributed by atoms with Gasteiger partial charge in [0.2, 0.25) is 0 Å². The van der Waals surface area contributed by atoms with Gasteiger partial charge in [-0.05, 0) is 29.3 Å². The molecule has 0 aliphatic carbocycles. The second-order valence-corrected chi connectivity index (χ2v) is 5.44. The summed E-state index contributed by atoms with van der Waals surface area (Å²) >= 11 is 0. The number of rotatable bonds is 4. The maximum atomic E-state index is 12.4. The van der Waals surface area contributed by atoms with Crippen LogP contribution in [0, 0.1) is 0 Å². The van der Waals surface area contributed by atoms with Crippen molar-refractivity contribution in [2.45, 2.75) is 6.61 Å². The van der Waals surface area contributed by atoms with E-state index in [9.17, 15) is 20.1 Å². The fourth-order valence-corrected chi connectivity index (χ4v) is 2.62. The maximum Gasteiger partial charge on any atom is 0.193 e. The molecule has 4 nitrogen and oxygen atoms in total. The van der Waals surface area contributed by atoms with Crippen molar-refractivity contribution in [3.8, 4) is 22.6 Å². The molecule has 24 heavy (non-hydrogen) atoms. The molecule has 3 rings (SSSR count). The van der Waals surface area contributed by atoms with E-state index < -0.39 is 0 Å². The summed E-state index contributed by atoms with van der Waals surface area (Å²) in [7, 11) is 0. The topological polar surface area (TPSA) is 77.8 Å². The molecule has 0 atom stereocenters. The van der Waals surface area contributed by atoms with Gasteiger partial charge < -0.3 is 15.3 Å². The van der Waals surface area contributed by atoms with E-state index in [0.717, 1.165) is 0 Å². The molecule has 0 unspecified atom stereocenters. The molecule has 120 valence electrons. The summed E-state index contributed by atoms with van der Waals surface area (Å²) in [5, 5.41) is 29.8. The lowest BCUT2D eigenvalue weighted by molar-refractivity contribution is 0.103. The molecular weight excluding hydrogens is 304 g/mol. The SMILES string of the molecule is O=C(c1ccccc1)c1cc(O)c(-c2cccc(CO)c2)c(O)c1. The lowest BCUT2D eigenvalue weighted by atomic mass is 9.96. The van der Waals surface area contributed by atoms with Crippen molar-refractivity contribution >= 4 is 5.78 Å². The van der Waals surface area contributed by atoms with Gasteiger partial charge in [0.05, 0.1) is 12.2 Å². The molecule has 0 heterocycles. The first kappa shape index (κ1) is 15.8. The summed E-state index contributed by atoms with van der Waals surface area (Å²) in [5.74, 6) is -0.661. The fourth-order valence-electron chi connectivity index (χ4n) is 2.62. The van der Waals surface area contributed by atoms with Gasteiger partial charge in [0, 0.05) is 11.1 Å². The fraction of sp³-hybridized carbons (Fsp3) is 0.0500. The highest BCUT2D eigenvalue weighted by atomic mass is 16.3. The van der Waals surface area contributed by atoms with Gasteiger partial charge in [0.25, 0.3) is 0 Å². The predicted molar refractivity (Wildman–Crippen MR) is 91.0 cm³/mol. The number of aliphatic hydroxyl groups excluding tert-OH is 1. The first-order valence-corrected chi connectivity index (χ1v) is 7.46. The zero-order valence-corrected chi connectivity index (χ0v) is 12.8. The Kier molecular flexibility index (Phi) is 4.31. The second-order valence-electron chi connectivity index (χ2n) is 5.44. The minimum Gasteiger partial charge on any atom is -0.507 e. The Labute approximate surface area is 139 Å². The van der Waals surface area contributed by atoms with Crippen molar-refractivity contribution in [3.63, 3.8) is 0 Å². The number of carbonyl (C=O) groups excluding carboxylic acids is 1. The van der Waals surface area contributed by atoms with E-state index >= 15 is 0 Å². The number of benzene rings is 3. The average molecular weight is 320 g/mol. The van der Waals surface area contributed by atoms with Gasteiger partial charge in [-0.2, -0.15) is 0 Å². The van der Waals surface area contributed by atoms with E-state index in [1.54, 1.807) is 48.5 Å². The van der Waals surface area contributed by atoms with Gasteiger partial charge in [-0.3, -0.25) is 4.79 Å². The normalized spacial score (nSPS) is 10.5. The van der Waals surface area contributed by atoms with Crippen LogP contribution >= 0.6 is 0 Å². The Bertz CT molecular complexity index is 862. The second kappa shape index (κ2) is 6.56. The van der Waals surface area contributed by atoms with Gasteiger partial charge in [0.1, 0.15) is 11.5 Å². The monoisotopic (exact) mass is 320 g/mol. The van der Waals surface area contributed by atoms with Gasteiger partial charge >= 0.3 is 0 Å². The molecule has 0 aliphatic rings. The minimum absolute atomic E-state index is 0.139. The summed E-state index contributed by atoms with van der Waals surface area (Å²) in [6.07, 6.45) is 0. The summed E-state index contributed by atoms with van der Waals surface area (Å²) in [5.41, 5.74) is 2.14. The van der Waals surface area contributed by atoms with Crippen molar-refractivity contribution in [1.29, 1.82) is 0 Å². The molecule has 0 radical (unpaired) electrons. The molecule has 3 N–H and O–H groups in total. The molecule has 0 saturated carbocycles. The van der Waals surface area contributed by atoms with Crippen molar-refractivity contribution in [1.82, 2.24) is 0 Å². The summed E-state index contributed by atoms with van der Waals surface area (Å²) < 4.78 is 0. The summed E-state index contributed by atoms with van der Waals surface area (Å²) in [4.78, 5) is 12.4. The maximum absolute atomic E-state index is 12.4. The average Bonchev–Trinajstić information content (AvgIpc) is 2.61. The molecule has 3 aromatic rings. The molecule has 0 saturated heterocycles. The van der Waals surface area contributed by atoms with Crippen molar-refractivity contribution < 1.29 is 20.1 Å². The van der Waals surface area contributed by atoms with Gasteiger partial charge in [-0.25, -0.2) is 0 Å². The number of carbonyl (C=O) groups is 1. The molecule has 0 bridgehead atoms. The van der Waals surface area contributed by atoms with Crippen LogP contribution in [0.5, 0.6) is 11.5 Å². The zero-order chi connectivity index (χ0) is 17.1. The lowest BCUT2D eigenvalue weighted by Gasteiger charge is -2.11. The van der Waals surface area contributed by atoms with Crippen molar-refractivity contribution in [3.05, 3.63) is 83.4 Å². The molecule has 0 aliphatic heterocycles. The predicted octanol–water partition coefficient (Wildman–Crippen LogP) is 3.49. The third-order valence-corrected chi connectivity index (χ3v) is 3.79. The van der Waals surface area contributed by atoms with Gasteiger partial charge in [0.15, 0.2) is 5.78 Å². The number of ketones is 1. The van der Waals surface area contributed by atoms with Crippen LogP contribution in [0.4, 0.5) is 0 Å². The number of phenols is 2. The van der Waals surface area contributed by atoms with Crippen LogP contribution in [0.2, 0.25) is 0 Å². The Morgan fingerprint density at radius 2 is 1.46 bits per heavy atom. The quantitative estimate of drug-likeness (QED) is 0.643. The molecule has 0 aromatic heterocycles. The van der Waals surface area contributed by atoms with Gasteiger partial charge in [-0.15, -0.1) is 0 Å². The van der Waals surface area contributed by atoms with Crippen LogP contribution in [-0.4, -0.2) is 21.1 Å². The molecule has 0 amide bonds. The van der Waals surface area contributed by atoms with Crippen LogP contribution in [0.3, 0.4) is 0 Å². The van der Waals surface area contributed by atoms with E-state index in [0.29, 0.717) is 16.7 Å². The van der Waals surface area contributed by atoms with Crippen LogP contribution in [0.25, 0.3) is 11.1 Å². The largest absolute Gasteiger partial charge is 0.507 e. The van der Waals surface area contributed by atoms with Crippen LogP contribution in [0.15, 0.2) is 66.7 Å². The minimum atomic E-state index is -0.281. The Hall–Kier alpha value is -3.11. The molecule has 0 spiro atoms. The molecule has 4 heteroatoms. The molecule has 0 fully saturated rings. The number of aliphatic hydroxyl groups is 1. The summed E-state index contributed by atoms with van der Waals surface area (Å²) in [6.45, 7) is -0.139. The Balaban J connectivity index is 2.05. The van der Waals surface area contributed by atoms with E-state index in [2.05, 4.69) is 0 Å². The van der Waals surface area contributed by atoms with Crippen molar-refractivity contribution in [2.75, 3.05) is 0 Å². The van der Waals surface area contributed by atoms with Gasteiger partial charge in [-0.1, -0.05) is 48.5 Å². The molecule has 3 aromatic carbocycles. The van der Waals surface area contributed by atoms with E-state index in [1.807, 2.05) is 6.07 Å². The number of phenolic OH excluding ortho intramolecular Hbond substituents is 2. The molecular formula is C20H16O4. The van der Waals surface area contributed by atoms with Crippen LogP contribution in [-0.2, 0) is 6.61 Å². The smallest absolute Gasteiger partial charge is 0.193 e. The lowest BCUT2D eigenvalue weighted by Crippen LogP contribution is -2.01. The Morgan fingerprint density at radius 1 is 0.792 bits per heavy atom. The highest BCUT2D eigenvalue weighted by molar-refractivity contribution is 6.10. The Morgan fingerprint density at radius 3 is 2.08 bits per heavy atom. The zero-order valence-electron chi connectivity index (χ0n) is 12.8. The van der Waals surface area contributed by atoms with Crippen LogP contribution < -0.4 is 0 Å². The van der Waals surface area contributed by atoms with Crippen molar-refractivity contribution in [2.24, 2.45) is 0 Å². The number of aromatic hydroxyl groups is 2. The standard InChI is InChI=1S/C20H16O4/c21-12-13-5-4-8-15(9-13)19-17(22)10-16(11-18(19)23)20(24)14-6-2-1-3-7-14/h1-11,21-23H,12H2. The van der Waals surface area contributed by atoms with E-state index in [4.69, 9.17) is 0 Å². The van der Waals surface area contributed by atoms with Crippen LogP contribution in [0.1, 0.15) is 21.5 Å². The highest BCUT2D eigenvalue weighted by Crippen LogP contribution is 2.39. The highest BCUT2D eigenvalue weighted by Gasteiger charge is 2.17. The number of hydrogen-bond acceptors (Lipinski definition) is 4. The first-order chi connectivity index (χ1) is 11.6. The third-order valence-electron chi connectivity index (χ3n) is 3.79.